The molecule has 0 spiro atoms. The number of benzene rings is 1. The van der Waals surface area contributed by atoms with E-state index in [1.165, 1.54) is 0 Å². The molecule has 1 fully saturated rings. The van der Waals surface area contributed by atoms with E-state index >= 15 is 0 Å². The summed E-state index contributed by atoms with van der Waals surface area (Å²) in [5.74, 6) is 0.114. The number of carbonyl (C=O) groups is 1. The van der Waals surface area contributed by atoms with Crippen molar-refractivity contribution in [2.45, 2.75) is 71.3 Å². The summed E-state index contributed by atoms with van der Waals surface area (Å²) in [5.41, 5.74) is 2.50. The van der Waals surface area contributed by atoms with Crippen LogP contribution in [0.15, 0.2) is 18.2 Å². The monoisotopic (exact) mass is 358 g/mol. The lowest BCUT2D eigenvalue weighted by Gasteiger charge is -2.37. The average Bonchev–Trinajstić information content (AvgIpc) is 2.95. The summed E-state index contributed by atoms with van der Waals surface area (Å²) in [6, 6.07) is 1.87. The van der Waals surface area contributed by atoms with Gasteiger partial charge in [-0.25, -0.2) is 4.79 Å². The first-order valence-corrected chi connectivity index (χ1v) is 9.80. The number of aromatic carboxylic acids is 1. The van der Waals surface area contributed by atoms with Crippen LogP contribution < -0.4 is 4.74 Å². The highest BCUT2D eigenvalue weighted by molar-refractivity contribution is 5.94. The molecule has 4 atom stereocenters. The van der Waals surface area contributed by atoms with Crippen molar-refractivity contribution >= 4 is 5.97 Å². The molecule has 1 aliphatic heterocycles. The molecule has 0 aromatic heterocycles. The molecule has 2 aliphatic rings. The summed E-state index contributed by atoms with van der Waals surface area (Å²) in [6.45, 7) is 10.4. The maximum atomic E-state index is 11.9. The highest BCUT2D eigenvalue weighted by Crippen LogP contribution is 2.56. The highest BCUT2D eigenvalue weighted by Gasteiger charge is 2.48. The van der Waals surface area contributed by atoms with Gasteiger partial charge < -0.3 is 14.9 Å². The molecule has 0 saturated heterocycles. The number of hydrogen-bond acceptors (Lipinski definition) is 3. The second-order valence-electron chi connectivity index (χ2n) is 8.05. The molecule has 1 aliphatic carbocycles. The van der Waals surface area contributed by atoms with E-state index in [2.05, 4.69) is 20.4 Å². The molecule has 1 heterocycles. The maximum absolute atomic E-state index is 11.9. The molecule has 1 aromatic rings. The Balaban J connectivity index is 2.09. The van der Waals surface area contributed by atoms with Gasteiger partial charge in [-0.15, -0.1) is 0 Å². The van der Waals surface area contributed by atoms with Gasteiger partial charge in [0.2, 0.25) is 0 Å². The van der Waals surface area contributed by atoms with Gasteiger partial charge in [-0.3, -0.25) is 0 Å². The molecule has 1 aromatic carbocycles. The number of allylic oxidation sites excluding steroid dienone is 1. The predicted molar refractivity (Wildman–Crippen MR) is 102 cm³/mol. The van der Waals surface area contributed by atoms with Crippen molar-refractivity contribution in [2.75, 3.05) is 0 Å². The minimum Gasteiger partial charge on any atom is -0.507 e. The largest absolute Gasteiger partial charge is 0.507 e. The van der Waals surface area contributed by atoms with Crippen LogP contribution in [0.4, 0.5) is 0 Å². The molecule has 2 N–H and O–H groups in total. The van der Waals surface area contributed by atoms with Crippen molar-refractivity contribution in [3.05, 3.63) is 34.9 Å². The fourth-order valence-electron chi connectivity index (χ4n) is 4.76. The zero-order valence-corrected chi connectivity index (χ0v) is 16.0. The lowest BCUT2D eigenvalue weighted by molar-refractivity contribution is 0.0692. The first-order valence-electron chi connectivity index (χ1n) is 9.80. The Labute approximate surface area is 155 Å². The zero-order chi connectivity index (χ0) is 19.0. The minimum absolute atomic E-state index is 0.00552. The Morgan fingerprint density at radius 3 is 2.69 bits per heavy atom. The van der Waals surface area contributed by atoms with E-state index in [0.29, 0.717) is 29.2 Å². The molecular formula is C22H30O4. The van der Waals surface area contributed by atoms with Crippen molar-refractivity contribution < 1.29 is 19.7 Å². The second kappa shape index (κ2) is 7.34. The highest BCUT2D eigenvalue weighted by atomic mass is 16.5. The first-order chi connectivity index (χ1) is 12.4. The van der Waals surface area contributed by atoms with Gasteiger partial charge in [-0.1, -0.05) is 38.8 Å². The normalized spacial score (nSPS) is 26.7. The molecule has 26 heavy (non-hydrogen) atoms. The van der Waals surface area contributed by atoms with Crippen molar-refractivity contribution in [2.24, 2.45) is 11.8 Å². The van der Waals surface area contributed by atoms with Crippen molar-refractivity contribution in [3.63, 3.8) is 0 Å². The van der Waals surface area contributed by atoms with Crippen molar-refractivity contribution in [1.29, 1.82) is 0 Å². The number of rotatable bonds is 6. The Bertz CT molecular complexity index is 721. The Morgan fingerprint density at radius 2 is 2.08 bits per heavy atom. The average molecular weight is 358 g/mol. The standard InChI is InChI=1S/C22H30O4/c1-5-6-7-8-14-11-16-19(20(23)17(14)22(24)25)18-15(12(2)3)10-9-13(4)21(18)26-16/h11,13,15,18,21,23H,2,5-10H2,1,3-4H3,(H,24,25)/t13-,15+,18?,21?/m1/s1. The quantitative estimate of drug-likeness (QED) is 0.535. The number of carboxylic acids is 1. The van der Waals surface area contributed by atoms with Gasteiger partial charge in [0.15, 0.2) is 0 Å². The third kappa shape index (κ3) is 3.10. The minimum atomic E-state index is -1.06. The van der Waals surface area contributed by atoms with Crippen LogP contribution >= 0.6 is 0 Å². The number of aromatic hydroxyl groups is 1. The molecule has 4 nitrogen and oxygen atoms in total. The van der Waals surface area contributed by atoms with E-state index in [1.807, 2.05) is 13.0 Å². The fraction of sp³-hybridized carbons (Fsp3) is 0.591. The second-order valence-corrected chi connectivity index (χ2v) is 8.05. The number of aryl methyl sites for hydroxylation is 1. The molecule has 0 amide bonds. The van der Waals surface area contributed by atoms with Crippen LogP contribution in [0.5, 0.6) is 11.5 Å². The number of unbranched alkanes of at least 4 members (excludes halogenated alkanes) is 2. The van der Waals surface area contributed by atoms with Crippen LogP contribution in [0.2, 0.25) is 0 Å². The number of phenols is 1. The zero-order valence-electron chi connectivity index (χ0n) is 16.0. The number of ether oxygens (including phenoxy) is 1. The summed E-state index contributed by atoms with van der Waals surface area (Å²) in [5, 5.41) is 20.7. The summed E-state index contributed by atoms with van der Waals surface area (Å²) in [6.07, 6.45) is 5.71. The summed E-state index contributed by atoms with van der Waals surface area (Å²) in [7, 11) is 0. The van der Waals surface area contributed by atoms with E-state index in [1.54, 1.807) is 0 Å². The Hall–Kier alpha value is -1.97. The molecule has 142 valence electrons. The molecule has 4 heteroatoms. The van der Waals surface area contributed by atoms with Crippen LogP contribution in [0.1, 0.15) is 80.3 Å². The van der Waals surface area contributed by atoms with Gasteiger partial charge in [0, 0.05) is 11.5 Å². The molecular weight excluding hydrogens is 328 g/mol. The van der Waals surface area contributed by atoms with Gasteiger partial charge in [-0.05, 0) is 56.1 Å². The van der Waals surface area contributed by atoms with Crippen LogP contribution in [0, 0.1) is 11.8 Å². The third-order valence-corrected chi connectivity index (χ3v) is 6.16. The smallest absolute Gasteiger partial charge is 0.339 e. The van der Waals surface area contributed by atoms with Gasteiger partial charge >= 0.3 is 5.97 Å². The fourth-order valence-corrected chi connectivity index (χ4v) is 4.76. The van der Waals surface area contributed by atoms with Gasteiger partial charge in [-0.2, -0.15) is 0 Å². The van der Waals surface area contributed by atoms with Crippen LogP contribution in [0.25, 0.3) is 0 Å². The maximum Gasteiger partial charge on any atom is 0.339 e. The summed E-state index contributed by atoms with van der Waals surface area (Å²) >= 11 is 0. The molecule has 2 unspecified atom stereocenters. The van der Waals surface area contributed by atoms with Crippen molar-refractivity contribution in [1.82, 2.24) is 0 Å². The van der Waals surface area contributed by atoms with E-state index in [4.69, 9.17) is 4.74 Å². The van der Waals surface area contributed by atoms with Gasteiger partial charge in [0.25, 0.3) is 0 Å². The van der Waals surface area contributed by atoms with Crippen molar-refractivity contribution in [3.8, 4) is 11.5 Å². The number of hydrogen-bond donors (Lipinski definition) is 2. The Kier molecular flexibility index (Phi) is 5.31. The molecule has 0 bridgehead atoms. The van der Waals surface area contributed by atoms with Gasteiger partial charge in [0.05, 0.1) is 0 Å². The summed E-state index contributed by atoms with van der Waals surface area (Å²) < 4.78 is 6.27. The number of fused-ring (bicyclic) bond motifs is 3. The lowest BCUT2D eigenvalue weighted by Crippen LogP contribution is -2.36. The van der Waals surface area contributed by atoms with E-state index in [0.717, 1.165) is 37.7 Å². The molecule has 0 radical (unpaired) electrons. The van der Waals surface area contributed by atoms with Crippen LogP contribution in [0.3, 0.4) is 0 Å². The topological polar surface area (TPSA) is 66.8 Å². The van der Waals surface area contributed by atoms with Crippen LogP contribution in [-0.4, -0.2) is 22.3 Å². The molecule has 1 saturated carbocycles. The lowest BCUT2D eigenvalue weighted by atomic mass is 9.68. The molecule has 3 rings (SSSR count). The SMILES string of the molecule is C=C(C)[C@@H]1CC[C@@H](C)C2Oc3cc(CCCCC)c(C(=O)O)c(O)c3C21. The predicted octanol–water partition coefficient (Wildman–Crippen LogP) is 5.29. The van der Waals surface area contributed by atoms with E-state index in [9.17, 15) is 15.0 Å². The third-order valence-electron chi connectivity index (χ3n) is 6.16. The van der Waals surface area contributed by atoms with E-state index in [-0.39, 0.29) is 29.3 Å². The summed E-state index contributed by atoms with van der Waals surface area (Å²) in [4.78, 5) is 11.9. The number of carboxylic acid groups (broad SMARTS) is 1. The van der Waals surface area contributed by atoms with Crippen LogP contribution in [-0.2, 0) is 6.42 Å². The Morgan fingerprint density at radius 1 is 1.35 bits per heavy atom. The van der Waals surface area contributed by atoms with E-state index < -0.39 is 5.97 Å². The van der Waals surface area contributed by atoms with Gasteiger partial charge in [0.1, 0.15) is 23.2 Å². The first kappa shape index (κ1) is 18.8.